The van der Waals surface area contributed by atoms with Crippen LogP contribution in [0, 0.1) is 11.8 Å². The summed E-state index contributed by atoms with van der Waals surface area (Å²) in [5.41, 5.74) is 0. The van der Waals surface area contributed by atoms with Crippen LogP contribution in [0.1, 0.15) is 446 Å². The molecule has 0 aliphatic rings. The molecule has 0 heterocycles. The predicted octanol–water partition coefficient (Wildman–Crippen LogP) is 25.5. The first-order valence-corrected chi connectivity index (χ1v) is 46.5. The highest BCUT2D eigenvalue weighted by Crippen LogP contribution is 2.45. The lowest BCUT2D eigenvalue weighted by Gasteiger charge is -2.21. The van der Waals surface area contributed by atoms with Crippen molar-refractivity contribution >= 4 is 39.5 Å². The van der Waals surface area contributed by atoms with Gasteiger partial charge in [0, 0.05) is 25.7 Å². The minimum Gasteiger partial charge on any atom is -0.462 e. The third-order valence-electron chi connectivity index (χ3n) is 20.1. The normalized spacial score (nSPS) is 14.1. The highest BCUT2D eigenvalue weighted by molar-refractivity contribution is 7.47. The van der Waals surface area contributed by atoms with Crippen molar-refractivity contribution in [1.82, 2.24) is 0 Å². The van der Waals surface area contributed by atoms with E-state index in [2.05, 4.69) is 41.5 Å². The van der Waals surface area contributed by atoms with Crippen molar-refractivity contribution < 1.29 is 80.2 Å². The van der Waals surface area contributed by atoms with Gasteiger partial charge in [0.15, 0.2) is 12.2 Å². The number of aliphatic hydroxyl groups is 1. The summed E-state index contributed by atoms with van der Waals surface area (Å²) in [6.07, 6.45) is 67.1. The lowest BCUT2D eigenvalue weighted by atomic mass is 9.99. The number of phosphoric ester groups is 2. The van der Waals surface area contributed by atoms with E-state index in [0.717, 1.165) is 108 Å². The summed E-state index contributed by atoms with van der Waals surface area (Å²) in [5, 5.41) is 10.6. The number of carbonyl (C=O) groups is 4. The van der Waals surface area contributed by atoms with E-state index in [-0.39, 0.29) is 25.7 Å². The minimum atomic E-state index is -4.96. The van der Waals surface area contributed by atoms with Gasteiger partial charge in [-0.15, -0.1) is 0 Å². The van der Waals surface area contributed by atoms with Crippen molar-refractivity contribution in [3.8, 4) is 0 Å². The van der Waals surface area contributed by atoms with Gasteiger partial charge in [-0.05, 0) is 37.5 Å². The molecule has 0 aliphatic carbocycles. The van der Waals surface area contributed by atoms with Gasteiger partial charge in [-0.3, -0.25) is 37.3 Å². The molecular weight excluding hydrogens is 1340 g/mol. The van der Waals surface area contributed by atoms with Crippen molar-refractivity contribution in [2.24, 2.45) is 11.8 Å². The fourth-order valence-corrected chi connectivity index (χ4v) is 14.6. The first-order chi connectivity index (χ1) is 49.9. The summed E-state index contributed by atoms with van der Waals surface area (Å²) >= 11 is 0. The largest absolute Gasteiger partial charge is 0.472 e. The zero-order chi connectivity index (χ0) is 75.6. The third kappa shape index (κ3) is 76.6. The number of phosphoric acid groups is 2. The summed E-state index contributed by atoms with van der Waals surface area (Å²) < 4.78 is 68.6. The van der Waals surface area contributed by atoms with Crippen LogP contribution in [0.25, 0.3) is 0 Å². The van der Waals surface area contributed by atoms with Crippen molar-refractivity contribution in [3.05, 3.63) is 0 Å². The molecule has 612 valence electrons. The SMILES string of the molecule is CCCCCCCCCCCCCCCCCCCC(=O)O[C@H](COC(=O)CCCCCCC)COP(=O)(O)OC[C@H](O)COP(=O)(O)OC[C@@H](COC(=O)CCCCCCCCCCCCCCCCCCC(C)C)OC(=O)CCCCCCCCCCCCCCCCCCCCC(C)CC. The van der Waals surface area contributed by atoms with Gasteiger partial charge in [0.2, 0.25) is 0 Å². The van der Waals surface area contributed by atoms with Crippen LogP contribution in [0.2, 0.25) is 0 Å². The van der Waals surface area contributed by atoms with Crippen LogP contribution in [-0.2, 0) is 65.4 Å². The van der Waals surface area contributed by atoms with Crippen LogP contribution in [-0.4, -0.2) is 96.7 Å². The monoisotopic (exact) mass is 1510 g/mol. The molecule has 0 fully saturated rings. The lowest BCUT2D eigenvalue weighted by molar-refractivity contribution is -0.161. The summed E-state index contributed by atoms with van der Waals surface area (Å²) in [4.78, 5) is 72.8. The Morgan fingerprint density at radius 2 is 0.495 bits per heavy atom. The third-order valence-corrected chi connectivity index (χ3v) is 22.0. The van der Waals surface area contributed by atoms with Crippen molar-refractivity contribution in [2.75, 3.05) is 39.6 Å². The molecular formula is C84H164O17P2. The highest BCUT2D eigenvalue weighted by atomic mass is 31.2. The van der Waals surface area contributed by atoms with E-state index in [1.807, 2.05) is 0 Å². The molecule has 0 aromatic rings. The van der Waals surface area contributed by atoms with Gasteiger partial charge < -0.3 is 33.8 Å². The summed E-state index contributed by atoms with van der Waals surface area (Å²) in [7, 11) is -9.91. The van der Waals surface area contributed by atoms with Gasteiger partial charge in [-0.1, -0.05) is 395 Å². The maximum atomic E-state index is 13.1. The van der Waals surface area contributed by atoms with Crippen molar-refractivity contribution in [2.45, 2.75) is 464 Å². The van der Waals surface area contributed by atoms with Crippen LogP contribution < -0.4 is 0 Å². The van der Waals surface area contributed by atoms with Gasteiger partial charge in [0.25, 0.3) is 0 Å². The van der Waals surface area contributed by atoms with Crippen LogP contribution in [0.3, 0.4) is 0 Å². The fourth-order valence-electron chi connectivity index (χ4n) is 13.0. The van der Waals surface area contributed by atoms with E-state index in [1.165, 1.54) is 257 Å². The topological polar surface area (TPSA) is 237 Å². The Morgan fingerprint density at radius 1 is 0.282 bits per heavy atom. The Balaban J connectivity index is 5.11. The van der Waals surface area contributed by atoms with Gasteiger partial charge in [-0.2, -0.15) is 0 Å². The minimum absolute atomic E-state index is 0.108. The van der Waals surface area contributed by atoms with Gasteiger partial charge in [0.1, 0.15) is 19.3 Å². The Labute approximate surface area is 632 Å². The maximum Gasteiger partial charge on any atom is 0.472 e. The van der Waals surface area contributed by atoms with E-state index in [9.17, 15) is 43.2 Å². The number of ether oxygens (including phenoxy) is 4. The zero-order valence-electron chi connectivity index (χ0n) is 67.6. The number of esters is 4. The fraction of sp³-hybridized carbons (Fsp3) is 0.952. The maximum absolute atomic E-state index is 13.1. The molecule has 17 nitrogen and oxygen atoms in total. The summed E-state index contributed by atoms with van der Waals surface area (Å²) in [5.74, 6) is -0.433. The first kappa shape index (κ1) is 101. The molecule has 19 heteroatoms. The van der Waals surface area contributed by atoms with Crippen molar-refractivity contribution in [3.63, 3.8) is 0 Å². The van der Waals surface area contributed by atoms with E-state index in [4.69, 9.17) is 37.0 Å². The molecule has 0 radical (unpaired) electrons. The summed E-state index contributed by atoms with van der Waals surface area (Å²) in [6.45, 7) is 9.67. The van der Waals surface area contributed by atoms with E-state index in [1.54, 1.807) is 0 Å². The molecule has 3 N–H and O–H groups in total. The molecule has 3 unspecified atom stereocenters. The number of carbonyl (C=O) groups excluding carboxylic acids is 4. The number of unbranched alkanes of at least 4 members (excludes halogenated alkanes) is 52. The second kappa shape index (κ2) is 75.5. The van der Waals surface area contributed by atoms with Crippen LogP contribution in [0.15, 0.2) is 0 Å². The molecule has 0 bridgehead atoms. The zero-order valence-corrected chi connectivity index (χ0v) is 69.4. The molecule has 0 aromatic carbocycles. The van der Waals surface area contributed by atoms with E-state index in [0.29, 0.717) is 25.7 Å². The first-order valence-electron chi connectivity index (χ1n) is 43.5. The number of aliphatic hydroxyl groups excluding tert-OH is 1. The second-order valence-electron chi connectivity index (χ2n) is 30.9. The molecule has 6 atom stereocenters. The van der Waals surface area contributed by atoms with Crippen LogP contribution in [0.4, 0.5) is 0 Å². The molecule has 0 spiro atoms. The Morgan fingerprint density at radius 3 is 0.738 bits per heavy atom. The molecule has 0 saturated heterocycles. The molecule has 0 aliphatic heterocycles. The quantitative estimate of drug-likeness (QED) is 0.0222. The molecule has 0 amide bonds. The molecule has 0 aromatic heterocycles. The smallest absolute Gasteiger partial charge is 0.462 e. The molecule has 103 heavy (non-hydrogen) atoms. The standard InChI is InChI=1S/C84H164O17P2/c1-7-10-12-14-15-16-17-18-19-22-30-35-40-45-50-56-62-68-83(88)100-79(72-94-81(86)66-60-52-13-11-8-2)74-98-102(90,91)96-70-78(85)71-97-103(92,93)99-75-80(73-95-82(87)67-61-55-49-44-39-34-29-26-25-27-32-37-42-47-53-58-64-76(4)5)101-84(89)69-63-57-51-46-41-36-31-24-21-20-23-28-33-38-43-48-54-59-65-77(6)9-3/h76-80,85H,7-75H2,1-6H3,(H,90,91)(H,92,93)/t77?,78-,79+,80+/m0/s1. The lowest BCUT2D eigenvalue weighted by Crippen LogP contribution is -2.30. The predicted molar refractivity (Wildman–Crippen MR) is 423 cm³/mol. The number of hydrogen-bond donors (Lipinski definition) is 3. The van der Waals surface area contributed by atoms with Gasteiger partial charge in [-0.25, -0.2) is 9.13 Å². The molecule has 0 rings (SSSR count). The summed E-state index contributed by atoms with van der Waals surface area (Å²) in [6, 6.07) is 0. The van der Waals surface area contributed by atoms with Crippen LogP contribution >= 0.6 is 15.6 Å². The Kier molecular flexibility index (Phi) is 74.1. The van der Waals surface area contributed by atoms with Crippen LogP contribution in [0.5, 0.6) is 0 Å². The second-order valence-corrected chi connectivity index (χ2v) is 33.8. The number of rotatable bonds is 83. The number of hydrogen-bond acceptors (Lipinski definition) is 15. The Hall–Kier alpha value is -1.94. The van der Waals surface area contributed by atoms with E-state index < -0.39 is 97.5 Å². The van der Waals surface area contributed by atoms with Gasteiger partial charge >= 0.3 is 39.5 Å². The van der Waals surface area contributed by atoms with Crippen molar-refractivity contribution in [1.29, 1.82) is 0 Å². The average molecular weight is 1510 g/mol. The highest BCUT2D eigenvalue weighted by Gasteiger charge is 2.30. The Bertz CT molecular complexity index is 1980. The molecule has 0 saturated carbocycles. The van der Waals surface area contributed by atoms with Gasteiger partial charge in [0.05, 0.1) is 26.4 Å². The average Bonchev–Trinajstić information content (AvgIpc) is 0.937. The van der Waals surface area contributed by atoms with E-state index >= 15 is 0 Å².